The monoisotopic (exact) mass is 252 g/mol. The van der Waals surface area contributed by atoms with Crippen LogP contribution in [0.1, 0.15) is 11.8 Å². The zero-order valence-corrected chi connectivity index (χ0v) is 9.41. The molecule has 0 bridgehead atoms. The lowest BCUT2D eigenvalue weighted by atomic mass is 9.89. The highest BCUT2D eigenvalue weighted by molar-refractivity contribution is 7.15. The molecular weight excluding hydrogens is 241 g/mol. The fourth-order valence-electron chi connectivity index (χ4n) is 1.33. The summed E-state index contributed by atoms with van der Waals surface area (Å²) < 4.78 is 41.9. The summed E-state index contributed by atoms with van der Waals surface area (Å²) in [5.41, 5.74) is 0.0179. The number of ether oxygens (including phenoxy) is 1. The Hall–Kier alpha value is -0.820. The summed E-state index contributed by atoms with van der Waals surface area (Å²) in [7, 11) is 0. The van der Waals surface area contributed by atoms with Crippen molar-refractivity contribution >= 4 is 16.5 Å². The van der Waals surface area contributed by atoms with Gasteiger partial charge in [0.2, 0.25) is 0 Å². The molecule has 90 valence electrons. The number of nitrogens with zero attached hydrogens (tertiary/aromatic N) is 1. The number of thiazole rings is 1. The minimum atomic E-state index is -4.30. The summed E-state index contributed by atoms with van der Waals surface area (Å²) >= 11 is 0.627. The van der Waals surface area contributed by atoms with Crippen LogP contribution in [0.15, 0.2) is 6.20 Å². The third kappa shape index (κ3) is 2.46. The Morgan fingerprint density at radius 3 is 2.69 bits per heavy atom. The number of halogens is 3. The Kier molecular flexibility index (Phi) is 2.83. The fourth-order valence-corrected chi connectivity index (χ4v) is 2.01. The van der Waals surface area contributed by atoms with Crippen molar-refractivity contribution < 1.29 is 17.9 Å². The van der Waals surface area contributed by atoms with Crippen molar-refractivity contribution in [1.29, 1.82) is 0 Å². The summed E-state index contributed by atoms with van der Waals surface area (Å²) in [6.45, 7) is 3.87. The van der Waals surface area contributed by atoms with E-state index in [9.17, 15) is 13.2 Å². The molecule has 7 heteroatoms. The van der Waals surface area contributed by atoms with Gasteiger partial charge in [0.1, 0.15) is 4.88 Å². The number of anilines is 1. The van der Waals surface area contributed by atoms with Crippen LogP contribution >= 0.6 is 11.3 Å². The van der Waals surface area contributed by atoms with Gasteiger partial charge >= 0.3 is 6.18 Å². The molecule has 0 aliphatic carbocycles. The van der Waals surface area contributed by atoms with Crippen LogP contribution in [0.3, 0.4) is 0 Å². The van der Waals surface area contributed by atoms with E-state index in [0.29, 0.717) is 36.2 Å². The average Bonchev–Trinajstić information content (AvgIpc) is 2.59. The minimum absolute atomic E-state index is 0.0179. The molecule has 0 atom stereocenters. The van der Waals surface area contributed by atoms with E-state index in [1.807, 2.05) is 6.92 Å². The molecule has 1 aliphatic rings. The normalized spacial score (nSPS) is 19.2. The molecule has 1 aromatic rings. The lowest BCUT2D eigenvalue weighted by Gasteiger charge is -2.37. The highest BCUT2D eigenvalue weighted by Gasteiger charge is 2.35. The van der Waals surface area contributed by atoms with E-state index in [-0.39, 0.29) is 5.41 Å². The van der Waals surface area contributed by atoms with E-state index in [1.54, 1.807) is 0 Å². The Morgan fingerprint density at radius 2 is 2.25 bits per heavy atom. The number of aromatic nitrogens is 1. The molecule has 0 amide bonds. The first-order valence-corrected chi connectivity index (χ1v) is 5.55. The highest BCUT2D eigenvalue weighted by Crippen LogP contribution is 2.35. The molecule has 1 aliphatic heterocycles. The van der Waals surface area contributed by atoms with Crippen molar-refractivity contribution in [3.63, 3.8) is 0 Å². The maximum Gasteiger partial charge on any atom is 0.427 e. The number of rotatable bonds is 3. The smallest absolute Gasteiger partial charge is 0.380 e. The molecule has 2 heterocycles. The summed E-state index contributed by atoms with van der Waals surface area (Å²) in [5, 5.41) is 3.21. The first-order valence-electron chi connectivity index (χ1n) is 4.74. The van der Waals surface area contributed by atoms with E-state index in [4.69, 9.17) is 4.74 Å². The van der Waals surface area contributed by atoms with Crippen LogP contribution in [0.25, 0.3) is 0 Å². The predicted molar refractivity (Wildman–Crippen MR) is 54.5 cm³/mol. The molecule has 3 nitrogen and oxygen atoms in total. The van der Waals surface area contributed by atoms with Crippen LogP contribution in [0, 0.1) is 5.41 Å². The molecule has 0 radical (unpaired) electrons. The fraction of sp³-hybridized carbons (Fsp3) is 0.667. The molecule has 0 saturated carbocycles. The zero-order valence-electron chi connectivity index (χ0n) is 8.60. The Labute approximate surface area is 94.6 Å². The topological polar surface area (TPSA) is 34.2 Å². The van der Waals surface area contributed by atoms with Gasteiger partial charge in [-0.2, -0.15) is 13.2 Å². The summed E-state index contributed by atoms with van der Waals surface area (Å²) in [4.78, 5) is 3.01. The lowest BCUT2D eigenvalue weighted by molar-refractivity contribution is -0.134. The number of alkyl halides is 3. The van der Waals surface area contributed by atoms with E-state index in [1.165, 1.54) is 0 Å². The van der Waals surface area contributed by atoms with Crippen LogP contribution in [-0.4, -0.2) is 24.7 Å². The van der Waals surface area contributed by atoms with Crippen molar-refractivity contribution in [2.45, 2.75) is 13.1 Å². The molecule has 1 fully saturated rings. The first-order chi connectivity index (χ1) is 7.39. The summed E-state index contributed by atoms with van der Waals surface area (Å²) in [6, 6.07) is 0. The second-order valence-electron chi connectivity index (χ2n) is 4.18. The SMILES string of the molecule is CC1(CNc2ncc(C(F)(F)F)s2)COC1. The summed E-state index contributed by atoms with van der Waals surface area (Å²) in [5.74, 6) is 0. The first kappa shape index (κ1) is 11.7. The molecule has 16 heavy (non-hydrogen) atoms. The molecular formula is C9H11F3N2OS. The van der Waals surface area contributed by atoms with Crippen LogP contribution in [0.5, 0.6) is 0 Å². The van der Waals surface area contributed by atoms with Gasteiger partial charge in [0, 0.05) is 12.0 Å². The van der Waals surface area contributed by atoms with Gasteiger partial charge in [-0.15, -0.1) is 0 Å². The minimum Gasteiger partial charge on any atom is -0.380 e. The van der Waals surface area contributed by atoms with Gasteiger partial charge in [0.15, 0.2) is 5.13 Å². The number of nitrogens with one attached hydrogen (secondary N) is 1. The van der Waals surface area contributed by atoms with E-state index in [0.717, 1.165) is 6.20 Å². The summed E-state index contributed by atoms with van der Waals surface area (Å²) in [6.07, 6.45) is -3.45. The lowest BCUT2D eigenvalue weighted by Crippen LogP contribution is -2.45. The Bertz CT molecular complexity index is 373. The predicted octanol–water partition coefficient (Wildman–Crippen LogP) is 2.61. The molecule has 1 N–H and O–H groups in total. The second-order valence-corrected chi connectivity index (χ2v) is 5.22. The molecule has 2 rings (SSSR count). The van der Waals surface area contributed by atoms with Crippen molar-refractivity contribution in [3.05, 3.63) is 11.1 Å². The van der Waals surface area contributed by atoms with E-state index in [2.05, 4.69) is 10.3 Å². The quantitative estimate of drug-likeness (QED) is 0.897. The van der Waals surface area contributed by atoms with Crippen LogP contribution < -0.4 is 5.32 Å². The second kappa shape index (κ2) is 3.89. The molecule has 1 aromatic heterocycles. The van der Waals surface area contributed by atoms with Crippen molar-refractivity contribution in [3.8, 4) is 0 Å². The van der Waals surface area contributed by atoms with Gasteiger partial charge in [-0.3, -0.25) is 0 Å². The van der Waals surface area contributed by atoms with Crippen LogP contribution in [0.2, 0.25) is 0 Å². The van der Waals surface area contributed by atoms with E-state index < -0.39 is 11.1 Å². The van der Waals surface area contributed by atoms with Crippen LogP contribution in [-0.2, 0) is 10.9 Å². The van der Waals surface area contributed by atoms with Gasteiger partial charge in [-0.05, 0) is 0 Å². The molecule has 1 saturated heterocycles. The third-order valence-electron chi connectivity index (χ3n) is 2.35. The zero-order chi connectivity index (χ0) is 11.8. The molecule has 0 aromatic carbocycles. The van der Waals surface area contributed by atoms with Crippen molar-refractivity contribution in [2.75, 3.05) is 25.1 Å². The van der Waals surface area contributed by atoms with Gasteiger partial charge in [-0.25, -0.2) is 4.98 Å². The third-order valence-corrected chi connectivity index (χ3v) is 3.35. The van der Waals surface area contributed by atoms with E-state index >= 15 is 0 Å². The van der Waals surface area contributed by atoms with Crippen LogP contribution in [0.4, 0.5) is 18.3 Å². The van der Waals surface area contributed by atoms with Gasteiger partial charge in [0.25, 0.3) is 0 Å². The Balaban J connectivity index is 1.93. The molecule has 0 unspecified atom stereocenters. The maximum absolute atomic E-state index is 12.3. The number of hydrogen-bond donors (Lipinski definition) is 1. The number of hydrogen-bond acceptors (Lipinski definition) is 4. The van der Waals surface area contributed by atoms with Gasteiger partial charge in [0.05, 0.1) is 19.4 Å². The maximum atomic E-state index is 12.3. The van der Waals surface area contributed by atoms with Crippen molar-refractivity contribution in [2.24, 2.45) is 5.41 Å². The Morgan fingerprint density at radius 1 is 1.56 bits per heavy atom. The van der Waals surface area contributed by atoms with Crippen molar-refractivity contribution in [1.82, 2.24) is 4.98 Å². The standard InChI is InChI=1S/C9H11F3N2OS/c1-8(4-15-5-8)3-14-7-13-2-6(16-7)9(10,11)12/h2H,3-5H2,1H3,(H,13,14). The molecule has 0 spiro atoms. The highest BCUT2D eigenvalue weighted by atomic mass is 32.1. The average molecular weight is 252 g/mol. The van der Waals surface area contributed by atoms with Gasteiger partial charge in [-0.1, -0.05) is 18.3 Å². The van der Waals surface area contributed by atoms with Gasteiger partial charge < -0.3 is 10.1 Å². The largest absolute Gasteiger partial charge is 0.427 e.